The van der Waals surface area contributed by atoms with Gasteiger partial charge in [0.15, 0.2) is 11.5 Å². The topological polar surface area (TPSA) is 47.6 Å². The maximum atomic E-state index is 12.4. The maximum absolute atomic E-state index is 12.4. The Labute approximate surface area is 162 Å². The summed E-state index contributed by atoms with van der Waals surface area (Å²) in [7, 11) is 0. The van der Waals surface area contributed by atoms with Gasteiger partial charge in [0.25, 0.3) is 0 Å². The smallest absolute Gasteiger partial charge is 0.398 e. The van der Waals surface area contributed by atoms with Crippen molar-refractivity contribution in [3.63, 3.8) is 0 Å². The number of nitrogens with one attached hydrogen (secondary N) is 1. The Bertz CT molecular complexity index is 815. The Morgan fingerprint density at radius 3 is 2.56 bits per heavy atom. The highest BCUT2D eigenvalue weighted by Gasteiger charge is 2.27. The zero-order chi connectivity index (χ0) is 19.3. The van der Waals surface area contributed by atoms with Gasteiger partial charge < -0.3 is 14.8 Å². The van der Waals surface area contributed by atoms with E-state index >= 15 is 0 Å². The molecule has 0 radical (unpaired) electrons. The molecule has 0 aromatic heterocycles. The zero-order valence-corrected chi connectivity index (χ0v) is 15.7. The Balaban J connectivity index is 1.57. The number of carbonyl (C=O) groups excluding carboxylic acids is 1. The predicted molar refractivity (Wildman–Crippen MR) is 100 cm³/mol. The van der Waals surface area contributed by atoms with E-state index in [0.717, 1.165) is 4.90 Å². The first-order valence-corrected chi connectivity index (χ1v) is 9.99. The number of ether oxygens (including phenoxy) is 2. The average Bonchev–Trinajstić information content (AvgIpc) is 2.65. The van der Waals surface area contributed by atoms with Crippen molar-refractivity contribution in [2.24, 2.45) is 0 Å². The highest BCUT2D eigenvalue weighted by Crippen LogP contribution is 2.35. The highest BCUT2D eigenvalue weighted by molar-refractivity contribution is 8.00. The van der Waals surface area contributed by atoms with Crippen molar-refractivity contribution < 1.29 is 27.4 Å². The molecule has 27 heavy (non-hydrogen) atoms. The zero-order valence-electron chi connectivity index (χ0n) is 14.0. The number of fused-ring (bicyclic) bond motifs is 1. The number of thioether (sulfide) groups is 2. The molecule has 1 aliphatic rings. The fourth-order valence-corrected chi connectivity index (χ4v) is 3.80. The van der Waals surface area contributed by atoms with Crippen LogP contribution in [0.15, 0.2) is 52.3 Å². The molecule has 3 rings (SSSR count). The van der Waals surface area contributed by atoms with Crippen LogP contribution in [0.5, 0.6) is 11.5 Å². The lowest BCUT2D eigenvalue weighted by Crippen LogP contribution is -2.16. The third kappa shape index (κ3) is 6.00. The number of hydrogen-bond acceptors (Lipinski definition) is 5. The van der Waals surface area contributed by atoms with Crippen LogP contribution in [0.1, 0.15) is 0 Å². The number of benzene rings is 2. The van der Waals surface area contributed by atoms with E-state index in [9.17, 15) is 18.0 Å². The highest BCUT2D eigenvalue weighted by atomic mass is 32.2. The van der Waals surface area contributed by atoms with Crippen LogP contribution in [-0.4, -0.2) is 36.8 Å². The lowest BCUT2D eigenvalue weighted by molar-refractivity contribution is -0.113. The SMILES string of the molecule is O=C(CSc1ccc2c(c1)OCCO2)Nc1ccccc1SCC(F)(F)F. The molecule has 0 bridgehead atoms. The monoisotopic (exact) mass is 415 g/mol. The van der Waals surface area contributed by atoms with Gasteiger partial charge in [-0.1, -0.05) is 12.1 Å². The van der Waals surface area contributed by atoms with Crippen LogP contribution in [0.4, 0.5) is 18.9 Å². The Morgan fingerprint density at radius 2 is 1.78 bits per heavy atom. The molecule has 0 saturated carbocycles. The predicted octanol–water partition coefficient (Wildman–Crippen LogP) is 4.84. The van der Waals surface area contributed by atoms with Crippen molar-refractivity contribution in [1.29, 1.82) is 0 Å². The van der Waals surface area contributed by atoms with Crippen molar-refractivity contribution in [2.75, 3.05) is 30.0 Å². The van der Waals surface area contributed by atoms with Gasteiger partial charge >= 0.3 is 6.18 Å². The van der Waals surface area contributed by atoms with Crippen molar-refractivity contribution in [3.8, 4) is 11.5 Å². The van der Waals surface area contributed by atoms with Crippen molar-refractivity contribution in [1.82, 2.24) is 0 Å². The normalized spacial score (nSPS) is 13.3. The second-order valence-electron chi connectivity index (χ2n) is 5.54. The first-order chi connectivity index (χ1) is 12.9. The number of hydrogen-bond donors (Lipinski definition) is 1. The lowest BCUT2D eigenvalue weighted by atomic mass is 10.3. The summed E-state index contributed by atoms with van der Waals surface area (Å²) in [5, 5.41) is 2.68. The van der Waals surface area contributed by atoms with Gasteiger partial charge in [0, 0.05) is 9.79 Å². The molecule has 0 fully saturated rings. The number of alkyl halides is 3. The van der Waals surface area contributed by atoms with E-state index in [4.69, 9.17) is 9.47 Å². The fourth-order valence-electron chi connectivity index (χ4n) is 2.30. The van der Waals surface area contributed by atoms with Crippen molar-refractivity contribution in [3.05, 3.63) is 42.5 Å². The van der Waals surface area contributed by atoms with Crippen LogP contribution in [0, 0.1) is 0 Å². The van der Waals surface area contributed by atoms with Crippen LogP contribution >= 0.6 is 23.5 Å². The number of rotatable bonds is 6. The Morgan fingerprint density at radius 1 is 1.04 bits per heavy atom. The van der Waals surface area contributed by atoms with E-state index in [1.54, 1.807) is 36.4 Å². The molecule has 0 saturated heterocycles. The van der Waals surface area contributed by atoms with Crippen LogP contribution in [0.3, 0.4) is 0 Å². The quantitative estimate of drug-likeness (QED) is 0.684. The Hall–Kier alpha value is -2.00. The van der Waals surface area contributed by atoms with Gasteiger partial charge in [0.1, 0.15) is 13.2 Å². The number of anilines is 1. The third-order valence-electron chi connectivity index (χ3n) is 3.44. The van der Waals surface area contributed by atoms with Gasteiger partial charge in [-0.15, -0.1) is 23.5 Å². The van der Waals surface area contributed by atoms with E-state index in [-0.39, 0.29) is 11.7 Å². The molecule has 2 aromatic rings. The second kappa shape index (κ2) is 8.79. The minimum atomic E-state index is -4.27. The van der Waals surface area contributed by atoms with E-state index in [2.05, 4.69) is 5.32 Å². The third-order valence-corrected chi connectivity index (χ3v) is 5.57. The standard InChI is InChI=1S/C18H16F3NO3S2/c19-18(20,21)11-27-16-4-2-1-3-13(16)22-17(23)10-26-12-5-6-14-15(9-12)25-8-7-24-14/h1-6,9H,7-8,10-11H2,(H,22,23). The van der Waals surface area contributed by atoms with Gasteiger partial charge in [0.05, 0.1) is 17.2 Å². The van der Waals surface area contributed by atoms with Crippen LogP contribution in [-0.2, 0) is 4.79 Å². The molecule has 1 aliphatic heterocycles. The minimum Gasteiger partial charge on any atom is -0.486 e. The Kier molecular flexibility index (Phi) is 6.43. The molecule has 0 atom stereocenters. The number of amides is 1. The summed E-state index contributed by atoms with van der Waals surface area (Å²) in [6.45, 7) is 0.988. The molecule has 0 spiro atoms. The average molecular weight is 415 g/mol. The van der Waals surface area contributed by atoms with Gasteiger partial charge in [-0.25, -0.2) is 0 Å². The lowest BCUT2D eigenvalue weighted by Gasteiger charge is -2.18. The van der Waals surface area contributed by atoms with Crippen molar-refractivity contribution >= 4 is 35.1 Å². The van der Waals surface area contributed by atoms with Gasteiger partial charge in [0.2, 0.25) is 5.91 Å². The number of carbonyl (C=O) groups is 1. The summed E-state index contributed by atoms with van der Waals surface area (Å²) in [6.07, 6.45) is -4.27. The molecule has 0 unspecified atom stereocenters. The number of para-hydroxylation sites is 1. The molecule has 1 N–H and O–H groups in total. The molecule has 4 nitrogen and oxygen atoms in total. The molecule has 144 valence electrons. The van der Waals surface area contributed by atoms with Gasteiger partial charge in [-0.2, -0.15) is 13.2 Å². The molecule has 1 amide bonds. The molecular weight excluding hydrogens is 399 g/mol. The van der Waals surface area contributed by atoms with Crippen LogP contribution in [0.25, 0.3) is 0 Å². The largest absolute Gasteiger partial charge is 0.486 e. The summed E-state index contributed by atoms with van der Waals surface area (Å²) in [5.74, 6) is 0.130. The summed E-state index contributed by atoms with van der Waals surface area (Å²) < 4.78 is 48.3. The summed E-state index contributed by atoms with van der Waals surface area (Å²) in [6, 6.07) is 11.9. The molecule has 9 heteroatoms. The molecule has 1 heterocycles. The van der Waals surface area contributed by atoms with Crippen LogP contribution < -0.4 is 14.8 Å². The van der Waals surface area contributed by atoms with E-state index in [1.807, 2.05) is 6.07 Å². The summed E-state index contributed by atoms with van der Waals surface area (Å²) >= 11 is 1.96. The first-order valence-electron chi connectivity index (χ1n) is 8.01. The van der Waals surface area contributed by atoms with Crippen molar-refractivity contribution in [2.45, 2.75) is 16.0 Å². The maximum Gasteiger partial charge on any atom is 0.398 e. The fraction of sp³-hybridized carbons (Fsp3) is 0.278. The van der Waals surface area contributed by atoms with Crippen LogP contribution in [0.2, 0.25) is 0 Å². The summed E-state index contributed by atoms with van der Waals surface area (Å²) in [5.41, 5.74) is 0.375. The molecule has 2 aromatic carbocycles. The van der Waals surface area contributed by atoms with Gasteiger partial charge in [-0.05, 0) is 30.3 Å². The minimum absolute atomic E-state index is 0.123. The molecule has 0 aliphatic carbocycles. The molecular formula is C18H16F3NO3S2. The first kappa shape index (κ1) is 19.8. The summed E-state index contributed by atoms with van der Waals surface area (Å²) in [4.78, 5) is 13.4. The van der Waals surface area contributed by atoms with E-state index in [0.29, 0.717) is 47.1 Å². The number of halogens is 3. The van der Waals surface area contributed by atoms with E-state index < -0.39 is 11.9 Å². The van der Waals surface area contributed by atoms with Gasteiger partial charge in [-0.3, -0.25) is 4.79 Å². The van der Waals surface area contributed by atoms with E-state index in [1.165, 1.54) is 11.8 Å². The second-order valence-corrected chi connectivity index (χ2v) is 7.61.